The molecule has 2 heterocycles. The van der Waals surface area contributed by atoms with E-state index in [1.54, 1.807) is 4.90 Å². The number of hydrogen-bond acceptors (Lipinski definition) is 5. The van der Waals surface area contributed by atoms with Crippen molar-refractivity contribution in [3.63, 3.8) is 0 Å². The van der Waals surface area contributed by atoms with Gasteiger partial charge >= 0.3 is 12.2 Å². The van der Waals surface area contributed by atoms with Gasteiger partial charge in [-0.15, -0.1) is 0 Å². The molecule has 2 aliphatic heterocycles. The molecule has 178 valence electrons. The second-order valence-corrected chi connectivity index (χ2v) is 10.8. The van der Waals surface area contributed by atoms with Crippen molar-refractivity contribution in [2.75, 3.05) is 29.9 Å². The molecule has 0 radical (unpaired) electrons. The Labute approximate surface area is 192 Å². The predicted octanol–water partition coefficient (Wildman–Crippen LogP) is 5.58. The van der Waals surface area contributed by atoms with Crippen LogP contribution in [0.5, 0.6) is 0 Å². The fourth-order valence-corrected chi connectivity index (χ4v) is 4.20. The van der Waals surface area contributed by atoms with Gasteiger partial charge in [-0.25, -0.2) is 9.59 Å². The van der Waals surface area contributed by atoms with Gasteiger partial charge in [-0.05, 0) is 91.3 Å². The molecule has 0 spiro atoms. The number of anilines is 2. The summed E-state index contributed by atoms with van der Waals surface area (Å²) in [4.78, 5) is 29.0. The quantitative estimate of drug-likeness (QED) is 0.658. The van der Waals surface area contributed by atoms with E-state index in [0.29, 0.717) is 13.1 Å². The molecule has 1 fully saturated rings. The van der Waals surface area contributed by atoms with Gasteiger partial charge in [0.1, 0.15) is 11.2 Å². The zero-order valence-electron chi connectivity index (χ0n) is 20.5. The number of piperidine rings is 1. The third kappa shape index (κ3) is 6.53. The Kier molecular flexibility index (Phi) is 7.25. The van der Waals surface area contributed by atoms with E-state index in [4.69, 9.17) is 9.47 Å². The smallest absolute Gasteiger partial charge is 0.414 e. The van der Waals surface area contributed by atoms with E-state index in [2.05, 4.69) is 17.4 Å². The molecule has 32 heavy (non-hydrogen) atoms. The summed E-state index contributed by atoms with van der Waals surface area (Å²) in [5.41, 5.74) is 1.96. The van der Waals surface area contributed by atoms with Gasteiger partial charge in [-0.2, -0.15) is 0 Å². The van der Waals surface area contributed by atoms with Crippen molar-refractivity contribution in [2.45, 2.75) is 90.9 Å². The van der Waals surface area contributed by atoms with Crippen molar-refractivity contribution in [1.82, 2.24) is 4.90 Å². The van der Waals surface area contributed by atoms with Crippen molar-refractivity contribution >= 4 is 23.6 Å². The zero-order chi connectivity index (χ0) is 23.5. The first kappa shape index (κ1) is 24.2. The number of likely N-dealkylation sites (tertiary alicyclic amines) is 1. The highest BCUT2D eigenvalue weighted by Gasteiger charge is 2.31. The molecule has 1 N–H and O–H groups in total. The fourth-order valence-electron chi connectivity index (χ4n) is 4.20. The highest BCUT2D eigenvalue weighted by Crippen LogP contribution is 2.31. The van der Waals surface area contributed by atoms with E-state index in [-0.39, 0.29) is 18.2 Å². The summed E-state index contributed by atoms with van der Waals surface area (Å²) in [6, 6.07) is 6.24. The van der Waals surface area contributed by atoms with E-state index in [0.717, 1.165) is 55.6 Å². The molecule has 1 saturated heterocycles. The topological polar surface area (TPSA) is 71.1 Å². The molecule has 1 aromatic carbocycles. The summed E-state index contributed by atoms with van der Waals surface area (Å²) in [5.74, 6) is 0. The molecule has 7 heteroatoms. The minimum Gasteiger partial charge on any atom is -0.444 e. The maximum Gasteiger partial charge on any atom is 0.414 e. The highest BCUT2D eigenvalue weighted by atomic mass is 16.6. The first-order valence-electron chi connectivity index (χ1n) is 11.8. The number of carbonyl (C=O) groups excluding carboxylic acids is 2. The number of amides is 2. The van der Waals surface area contributed by atoms with Crippen LogP contribution in [0.4, 0.5) is 21.0 Å². The summed E-state index contributed by atoms with van der Waals surface area (Å²) in [7, 11) is 0. The molecular formula is C25H39N3O4. The van der Waals surface area contributed by atoms with Crippen LogP contribution >= 0.6 is 0 Å². The maximum atomic E-state index is 12.8. The van der Waals surface area contributed by atoms with Crippen molar-refractivity contribution in [3.8, 4) is 0 Å². The molecule has 0 aliphatic carbocycles. The van der Waals surface area contributed by atoms with Crippen LogP contribution in [0.1, 0.15) is 72.8 Å². The molecule has 1 aromatic rings. The number of aryl methyl sites for hydroxylation is 1. The minimum absolute atomic E-state index is 0.0802. The summed E-state index contributed by atoms with van der Waals surface area (Å²) < 4.78 is 11.2. The SMILES string of the molecule is CC(C)(C)OC(=O)N1CCCc2ccc(NCC3CCCCN3C(=O)OC(C)(C)C)cc21. The Balaban J connectivity index is 1.69. The second kappa shape index (κ2) is 9.59. The van der Waals surface area contributed by atoms with E-state index >= 15 is 0 Å². The molecule has 2 amide bonds. The van der Waals surface area contributed by atoms with Crippen LogP contribution in [-0.2, 0) is 15.9 Å². The Morgan fingerprint density at radius 3 is 2.34 bits per heavy atom. The van der Waals surface area contributed by atoms with Gasteiger partial charge in [-0.1, -0.05) is 6.07 Å². The van der Waals surface area contributed by atoms with Gasteiger partial charge in [0.25, 0.3) is 0 Å². The first-order chi connectivity index (χ1) is 14.9. The average Bonchev–Trinajstić information content (AvgIpc) is 2.69. The normalized spacial score (nSPS) is 19.2. The summed E-state index contributed by atoms with van der Waals surface area (Å²) in [6.07, 6.45) is 4.36. The highest BCUT2D eigenvalue weighted by molar-refractivity contribution is 5.90. The van der Waals surface area contributed by atoms with Gasteiger partial charge in [-0.3, -0.25) is 4.90 Å². The zero-order valence-corrected chi connectivity index (χ0v) is 20.5. The number of rotatable bonds is 3. The molecule has 0 aromatic heterocycles. The van der Waals surface area contributed by atoms with Crippen molar-refractivity contribution in [3.05, 3.63) is 23.8 Å². The van der Waals surface area contributed by atoms with Crippen LogP contribution in [0.25, 0.3) is 0 Å². The van der Waals surface area contributed by atoms with E-state index in [1.165, 1.54) is 0 Å². The van der Waals surface area contributed by atoms with Crippen LogP contribution in [0.3, 0.4) is 0 Å². The van der Waals surface area contributed by atoms with Crippen LogP contribution < -0.4 is 10.2 Å². The largest absolute Gasteiger partial charge is 0.444 e. The summed E-state index contributed by atoms with van der Waals surface area (Å²) in [5, 5.41) is 3.49. The Morgan fingerprint density at radius 2 is 1.66 bits per heavy atom. The summed E-state index contributed by atoms with van der Waals surface area (Å²) >= 11 is 0. The molecule has 7 nitrogen and oxygen atoms in total. The van der Waals surface area contributed by atoms with E-state index in [1.807, 2.05) is 52.5 Å². The van der Waals surface area contributed by atoms with E-state index in [9.17, 15) is 9.59 Å². The molecular weight excluding hydrogens is 406 g/mol. The lowest BCUT2D eigenvalue weighted by Gasteiger charge is -2.37. The van der Waals surface area contributed by atoms with Crippen LogP contribution in [0.2, 0.25) is 0 Å². The molecule has 3 rings (SSSR count). The molecule has 1 unspecified atom stereocenters. The van der Waals surface area contributed by atoms with Crippen LogP contribution in [0.15, 0.2) is 18.2 Å². The van der Waals surface area contributed by atoms with Crippen molar-refractivity contribution in [2.24, 2.45) is 0 Å². The molecule has 0 saturated carbocycles. The van der Waals surface area contributed by atoms with Crippen molar-refractivity contribution in [1.29, 1.82) is 0 Å². The third-order valence-electron chi connectivity index (χ3n) is 5.61. The molecule has 2 aliphatic rings. The number of carbonyl (C=O) groups is 2. The fraction of sp³-hybridized carbons (Fsp3) is 0.680. The number of fused-ring (bicyclic) bond motifs is 1. The van der Waals surface area contributed by atoms with Gasteiger partial charge in [0.05, 0.1) is 11.7 Å². The van der Waals surface area contributed by atoms with Gasteiger partial charge in [0.2, 0.25) is 0 Å². The lowest BCUT2D eigenvalue weighted by Crippen LogP contribution is -2.48. The lowest BCUT2D eigenvalue weighted by molar-refractivity contribution is 0.0113. The van der Waals surface area contributed by atoms with Gasteiger partial charge in [0.15, 0.2) is 0 Å². The van der Waals surface area contributed by atoms with Gasteiger partial charge in [0, 0.05) is 25.3 Å². The average molecular weight is 446 g/mol. The Hall–Kier alpha value is -2.44. The van der Waals surface area contributed by atoms with Gasteiger partial charge < -0.3 is 19.7 Å². The Bertz CT molecular complexity index is 825. The number of nitrogens with zero attached hydrogens (tertiary/aromatic N) is 2. The lowest BCUT2D eigenvalue weighted by atomic mass is 10.0. The monoisotopic (exact) mass is 445 g/mol. The van der Waals surface area contributed by atoms with Crippen LogP contribution in [0, 0.1) is 0 Å². The third-order valence-corrected chi connectivity index (χ3v) is 5.61. The first-order valence-corrected chi connectivity index (χ1v) is 11.8. The number of ether oxygens (including phenoxy) is 2. The van der Waals surface area contributed by atoms with Crippen LogP contribution in [-0.4, -0.2) is 54.0 Å². The second-order valence-electron chi connectivity index (χ2n) is 10.8. The minimum atomic E-state index is -0.531. The summed E-state index contributed by atoms with van der Waals surface area (Å²) in [6.45, 7) is 13.3. The van der Waals surface area contributed by atoms with Crippen molar-refractivity contribution < 1.29 is 19.1 Å². The maximum absolute atomic E-state index is 12.8. The number of nitrogens with one attached hydrogen (secondary N) is 1. The Morgan fingerprint density at radius 1 is 0.969 bits per heavy atom. The molecule has 0 bridgehead atoms. The number of benzene rings is 1. The predicted molar refractivity (Wildman–Crippen MR) is 127 cm³/mol. The number of hydrogen-bond donors (Lipinski definition) is 1. The molecule has 1 atom stereocenters. The van der Waals surface area contributed by atoms with E-state index < -0.39 is 11.2 Å². The standard InChI is InChI=1S/C25H39N3O4/c1-24(2,3)31-22(29)27-14-8-7-11-20(27)17-26-19-13-12-18-10-9-15-28(21(18)16-19)23(30)32-25(4,5)6/h12-13,16,20,26H,7-11,14-15,17H2,1-6H3.